The number of alkyl halides is 3. The van der Waals surface area contributed by atoms with Gasteiger partial charge in [-0.2, -0.15) is 13.2 Å². The number of ether oxygens (including phenoxy) is 1. The highest BCUT2D eigenvalue weighted by Crippen LogP contribution is 2.38. The number of carbonyl (C=O) groups is 5. The lowest BCUT2D eigenvalue weighted by Crippen LogP contribution is -2.42. The molecule has 0 bridgehead atoms. The van der Waals surface area contributed by atoms with Crippen LogP contribution in [0.15, 0.2) is 50.9 Å². The molecule has 2 aromatic heterocycles. The topological polar surface area (TPSA) is 353 Å². The lowest BCUT2D eigenvalue weighted by molar-refractivity contribution is -0.192. The van der Waals surface area contributed by atoms with Crippen molar-refractivity contribution < 1.29 is 76.9 Å². The summed E-state index contributed by atoms with van der Waals surface area (Å²) in [5, 5.41) is 66.5. The van der Waals surface area contributed by atoms with E-state index in [-0.39, 0.29) is 59.7 Å². The number of Topliss-reactive ketones (excluding diaryl/α,β-unsaturated/α-hetero) is 1. The highest BCUT2D eigenvalue weighted by molar-refractivity contribution is 6.30. The lowest BCUT2D eigenvalue weighted by atomic mass is 9.86. The van der Waals surface area contributed by atoms with Gasteiger partial charge in [-0.15, -0.1) is 5.10 Å². The summed E-state index contributed by atoms with van der Waals surface area (Å²) in [6.45, 7) is -0.858. The molecule has 4 aromatic rings. The van der Waals surface area contributed by atoms with Gasteiger partial charge in [0.15, 0.2) is 34.7 Å². The third kappa shape index (κ3) is 10.1. The molecule has 0 aliphatic heterocycles. The number of allylic oxidation sites excluding steroid dienone is 2. The Labute approximate surface area is 314 Å². The number of aromatic nitrogens is 3. The molecule has 21 nitrogen and oxygen atoms in total. The Kier molecular flexibility index (Phi) is 12.7. The smallest absolute Gasteiger partial charge is 0.490 e. The number of aliphatic carboxylic acids is 2. The fourth-order valence-corrected chi connectivity index (χ4v) is 5.17. The molecule has 0 saturated carbocycles. The number of carbonyl (C=O) groups excluding carboxylic acids is 3. The van der Waals surface area contributed by atoms with Gasteiger partial charge in [-0.1, -0.05) is 11.3 Å². The largest absolute Gasteiger partial charge is 0.504 e. The number of phenols is 4. The first kappa shape index (κ1) is 42.1. The van der Waals surface area contributed by atoms with Crippen LogP contribution in [0.2, 0.25) is 0 Å². The minimum atomic E-state index is -5.08. The SMILES string of the molecule is NC(N)=NCCC[C@H](NC(=O)Cn1cc(COC(=O)c2c(O)c(O)cc3occ(C4=CCc5cc(O)c(O)cc5C4=O)c(=O)c23)nn1)C(=O)O.O=C(O)C(F)(F)F. The van der Waals surface area contributed by atoms with E-state index in [2.05, 4.69) is 20.6 Å². The van der Waals surface area contributed by atoms with Crippen molar-refractivity contribution in [2.75, 3.05) is 6.54 Å². The number of hydrogen-bond donors (Lipinski definition) is 9. The van der Waals surface area contributed by atoms with E-state index in [1.165, 1.54) is 18.3 Å². The molecule has 0 saturated heterocycles. The average molecular weight is 806 g/mol. The second kappa shape index (κ2) is 17.2. The summed E-state index contributed by atoms with van der Waals surface area (Å²) in [5.41, 5.74) is 8.47. The minimum Gasteiger partial charge on any atom is -0.504 e. The van der Waals surface area contributed by atoms with Gasteiger partial charge in [0, 0.05) is 23.7 Å². The molecular weight excluding hydrogens is 775 g/mol. The standard InChI is InChI=1S/C31H29N7O12.C2HF3O2/c32-31(33)34-5-1-2-18(29(46)47)35-23(42)10-38-9-14(36-37-38)11-50-30(48)25-24-22(8-21(41)28(25)45)49-12-17(27(24)44)15-4-3-13-6-19(39)20(40)7-16(13)26(15)43;3-2(4,5)1(6)7/h4,6-9,12,18,39-41,45H,1-3,5,10-11H2,(H,35,42)(H,46,47)(H4,32,33,34);(H,6,7)/t18-;/m0./s1. The van der Waals surface area contributed by atoms with Gasteiger partial charge >= 0.3 is 24.1 Å². The van der Waals surface area contributed by atoms with Gasteiger partial charge in [0.2, 0.25) is 11.3 Å². The number of phenolic OH excluding ortho intramolecular Hbond substituents is 4. The second-order valence-electron chi connectivity index (χ2n) is 11.8. The van der Waals surface area contributed by atoms with Crippen LogP contribution in [0.25, 0.3) is 16.5 Å². The number of aromatic hydroxyl groups is 4. The molecular formula is C33H30F3N7O14. The van der Waals surface area contributed by atoms with E-state index in [0.29, 0.717) is 5.56 Å². The van der Waals surface area contributed by atoms with Crippen LogP contribution in [-0.2, 0) is 38.7 Å². The van der Waals surface area contributed by atoms with Crippen LogP contribution in [0, 0.1) is 0 Å². The summed E-state index contributed by atoms with van der Waals surface area (Å²) < 4.78 is 43.5. The molecule has 0 fully saturated rings. The molecule has 0 spiro atoms. The number of amides is 1. The van der Waals surface area contributed by atoms with Gasteiger partial charge in [-0.25, -0.2) is 19.1 Å². The maximum Gasteiger partial charge on any atom is 0.490 e. The zero-order chi connectivity index (χ0) is 42.4. The quantitative estimate of drug-likeness (QED) is 0.0312. The average Bonchev–Trinajstić information content (AvgIpc) is 3.57. The monoisotopic (exact) mass is 805 g/mol. The van der Waals surface area contributed by atoms with Gasteiger partial charge in [0.05, 0.1) is 17.1 Å². The summed E-state index contributed by atoms with van der Waals surface area (Å²) in [6, 6.07) is 1.95. The van der Waals surface area contributed by atoms with Gasteiger partial charge in [-0.3, -0.25) is 19.4 Å². The van der Waals surface area contributed by atoms with Gasteiger partial charge in [0.25, 0.3) is 0 Å². The Hall–Kier alpha value is -7.66. The first-order valence-corrected chi connectivity index (χ1v) is 15.9. The van der Waals surface area contributed by atoms with Crippen LogP contribution >= 0.6 is 0 Å². The molecule has 24 heteroatoms. The van der Waals surface area contributed by atoms with Crippen LogP contribution in [0.3, 0.4) is 0 Å². The summed E-state index contributed by atoms with van der Waals surface area (Å²) in [6.07, 6.45) is -1.08. The molecule has 0 radical (unpaired) electrons. The zero-order valence-electron chi connectivity index (χ0n) is 28.8. The third-order valence-electron chi connectivity index (χ3n) is 7.79. The number of rotatable bonds is 12. The van der Waals surface area contributed by atoms with Crippen LogP contribution in [0.4, 0.5) is 13.2 Å². The Morgan fingerprint density at radius 3 is 2.32 bits per heavy atom. The number of carboxylic acid groups (broad SMARTS) is 2. The minimum absolute atomic E-state index is 0.0146. The number of ketones is 1. The van der Waals surface area contributed by atoms with E-state index < -0.39 is 94.3 Å². The number of aliphatic imine (C=N–C) groups is 1. The zero-order valence-corrected chi connectivity index (χ0v) is 28.8. The van der Waals surface area contributed by atoms with Crippen molar-refractivity contribution in [1.82, 2.24) is 20.3 Å². The van der Waals surface area contributed by atoms with Crippen molar-refractivity contribution >= 4 is 52.1 Å². The predicted molar refractivity (Wildman–Crippen MR) is 184 cm³/mol. The maximum absolute atomic E-state index is 13.7. The van der Waals surface area contributed by atoms with E-state index in [1.54, 1.807) is 0 Å². The Morgan fingerprint density at radius 2 is 1.68 bits per heavy atom. The van der Waals surface area contributed by atoms with E-state index >= 15 is 0 Å². The Morgan fingerprint density at radius 1 is 1.02 bits per heavy atom. The number of nitrogens with two attached hydrogens (primary N) is 2. The number of benzene rings is 2. The van der Waals surface area contributed by atoms with E-state index in [1.807, 2.05) is 0 Å². The summed E-state index contributed by atoms with van der Waals surface area (Å²) >= 11 is 0. The van der Waals surface area contributed by atoms with Crippen LogP contribution in [-0.4, -0.2) is 100.0 Å². The van der Waals surface area contributed by atoms with Crippen LogP contribution in [0.1, 0.15) is 50.4 Å². The van der Waals surface area contributed by atoms with Crippen LogP contribution < -0.4 is 22.2 Å². The van der Waals surface area contributed by atoms with Gasteiger partial charge in [0.1, 0.15) is 42.3 Å². The number of fused-ring (bicyclic) bond motifs is 2. The molecule has 5 rings (SSSR count). The van der Waals surface area contributed by atoms with Crippen LogP contribution in [0.5, 0.6) is 23.0 Å². The van der Waals surface area contributed by atoms with Crippen molar-refractivity contribution in [3.8, 4) is 23.0 Å². The third-order valence-corrected chi connectivity index (χ3v) is 7.79. The van der Waals surface area contributed by atoms with E-state index in [9.17, 15) is 62.7 Å². The van der Waals surface area contributed by atoms with Gasteiger partial charge < -0.3 is 56.6 Å². The van der Waals surface area contributed by atoms with E-state index in [0.717, 1.165) is 23.1 Å². The lowest BCUT2D eigenvalue weighted by Gasteiger charge is -2.17. The summed E-state index contributed by atoms with van der Waals surface area (Å²) in [5.74, 6) is -9.66. The first-order valence-electron chi connectivity index (χ1n) is 15.9. The number of nitrogens with one attached hydrogen (secondary N) is 1. The predicted octanol–water partition coefficient (Wildman–Crippen LogP) is 0.643. The first-order chi connectivity index (χ1) is 26.7. The molecule has 2 aromatic carbocycles. The fourth-order valence-electron chi connectivity index (χ4n) is 5.17. The molecule has 0 unspecified atom stereocenters. The highest BCUT2D eigenvalue weighted by Gasteiger charge is 2.38. The van der Waals surface area contributed by atoms with Crippen molar-refractivity contribution in [2.24, 2.45) is 16.5 Å². The molecule has 57 heavy (non-hydrogen) atoms. The molecule has 1 atom stereocenters. The summed E-state index contributed by atoms with van der Waals surface area (Å²) in [4.78, 5) is 76.9. The number of hydrogen-bond acceptors (Lipinski definition) is 15. The fraction of sp³-hybridized carbons (Fsp3) is 0.242. The maximum atomic E-state index is 13.7. The number of esters is 1. The Bertz CT molecular complexity index is 2380. The highest BCUT2D eigenvalue weighted by atomic mass is 19.4. The van der Waals surface area contributed by atoms with Crippen molar-refractivity contribution in [2.45, 2.75) is 44.6 Å². The summed E-state index contributed by atoms with van der Waals surface area (Å²) in [7, 11) is 0. The normalized spacial score (nSPS) is 12.7. The molecule has 302 valence electrons. The molecule has 1 amide bonds. The molecule has 2 heterocycles. The number of carboxylic acids is 2. The molecule has 1 aliphatic carbocycles. The van der Waals surface area contributed by atoms with Crippen molar-refractivity contribution in [3.63, 3.8) is 0 Å². The number of nitrogens with zero attached hydrogens (tertiary/aromatic N) is 4. The number of halogens is 3. The van der Waals surface area contributed by atoms with E-state index in [4.69, 9.17) is 30.5 Å². The van der Waals surface area contributed by atoms with Gasteiger partial charge in [-0.05, 0) is 37.0 Å². The van der Waals surface area contributed by atoms with Crippen molar-refractivity contribution in [3.05, 3.63) is 74.9 Å². The number of guanidine groups is 1. The molecule has 1 aliphatic rings. The second-order valence-corrected chi connectivity index (χ2v) is 11.8. The molecule has 11 N–H and O–H groups in total. The Balaban J connectivity index is 0.000000940. The van der Waals surface area contributed by atoms with Crippen molar-refractivity contribution in [1.29, 1.82) is 0 Å².